The van der Waals surface area contributed by atoms with E-state index in [4.69, 9.17) is 32.7 Å². The SMILES string of the molecule is CC1(C(=O)Nc2ccccc2Oc2ncc(Cl)cc2Cl)Cc2ccccc2C(=O)O1. The molecular formula is C22H16Cl2N2O4. The lowest BCUT2D eigenvalue weighted by molar-refractivity contribution is -0.134. The minimum Gasteiger partial charge on any atom is -0.445 e. The number of nitrogens with zero attached hydrogens (tertiary/aromatic N) is 1. The fourth-order valence-corrected chi connectivity index (χ4v) is 3.57. The van der Waals surface area contributed by atoms with Crippen molar-refractivity contribution < 1.29 is 19.1 Å². The van der Waals surface area contributed by atoms with E-state index in [0.717, 1.165) is 5.56 Å². The highest BCUT2D eigenvalue weighted by atomic mass is 35.5. The minimum absolute atomic E-state index is 0.145. The second kappa shape index (κ2) is 7.97. The standard InChI is InChI=1S/C22H16Cl2N2O4/c1-22(11-13-6-2-3-7-15(13)20(27)30-22)21(28)26-17-8-4-5-9-18(17)29-19-16(24)10-14(23)12-25-19/h2-10,12H,11H2,1H3,(H,26,28). The van der Waals surface area contributed by atoms with E-state index in [1.165, 1.54) is 12.3 Å². The topological polar surface area (TPSA) is 77.5 Å². The normalized spacial score (nSPS) is 17.6. The number of para-hydroxylation sites is 2. The van der Waals surface area contributed by atoms with Crippen LogP contribution in [0.15, 0.2) is 60.8 Å². The molecule has 1 aliphatic heterocycles. The van der Waals surface area contributed by atoms with Gasteiger partial charge in [-0.3, -0.25) is 4.79 Å². The molecule has 8 heteroatoms. The molecule has 2 aromatic carbocycles. The molecule has 3 aromatic rings. The van der Waals surface area contributed by atoms with Crippen molar-refractivity contribution in [1.82, 2.24) is 4.98 Å². The van der Waals surface area contributed by atoms with Crippen LogP contribution in [0.2, 0.25) is 10.0 Å². The number of aromatic nitrogens is 1. The number of carbonyl (C=O) groups excluding carboxylic acids is 2. The maximum atomic E-state index is 13.1. The first-order chi connectivity index (χ1) is 14.4. The molecule has 6 nitrogen and oxygen atoms in total. The van der Waals surface area contributed by atoms with E-state index in [2.05, 4.69) is 10.3 Å². The van der Waals surface area contributed by atoms with E-state index in [9.17, 15) is 9.59 Å². The Bertz CT molecular complexity index is 1150. The lowest BCUT2D eigenvalue weighted by Gasteiger charge is -2.33. The number of hydrogen-bond acceptors (Lipinski definition) is 5. The zero-order chi connectivity index (χ0) is 21.3. The summed E-state index contributed by atoms with van der Waals surface area (Å²) < 4.78 is 11.3. The van der Waals surface area contributed by atoms with Gasteiger partial charge in [0, 0.05) is 12.6 Å². The maximum Gasteiger partial charge on any atom is 0.339 e. The summed E-state index contributed by atoms with van der Waals surface area (Å²) in [5.74, 6) is -0.534. The van der Waals surface area contributed by atoms with Crippen LogP contribution in [0.1, 0.15) is 22.8 Å². The summed E-state index contributed by atoms with van der Waals surface area (Å²) in [5.41, 5.74) is 0.240. The molecule has 4 rings (SSSR count). The first-order valence-corrected chi connectivity index (χ1v) is 9.82. The number of nitrogens with one attached hydrogen (secondary N) is 1. The van der Waals surface area contributed by atoms with Gasteiger partial charge in [0.05, 0.1) is 16.3 Å². The van der Waals surface area contributed by atoms with Crippen molar-refractivity contribution in [3.8, 4) is 11.6 Å². The van der Waals surface area contributed by atoms with Crippen LogP contribution < -0.4 is 10.1 Å². The molecule has 0 fully saturated rings. The molecule has 152 valence electrons. The number of esters is 1. The Labute approximate surface area is 182 Å². The van der Waals surface area contributed by atoms with Crippen molar-refractivity contribution in [3.63, 3.8) is 0 Å². The van der Waals surface area contributed by atoms with Crippen molar-refractivity contribution in [2.75, 3.05) is 5.32 Å². The highest BCUT2D eigenvalue weighted by Gasteiger charge is 2.42. The Morgan fingerprint density at radius 2 is 1.90 bits per heavy atom. The molecule has 1 amide bonds. The molecule has 2 heterocycles. The Morgan fingerprint density at radius 3 is 2.70 bits per heavy atom. The van der Waals surface area contributed by atoms with Gasteiger partial charge >= 0.3 is 5.97 Å². The smallest absolute Gasteiger partial charge is 0.339 e. The maximum absolute atomic E-state index is 13.1. The van der Waals surface area contributed by atoms with E-state index in [-0.39, 0.29) is 17.3 Å². The molecule has 0 saturated heterocycles. The van der Waals surface area contributed by atoms with Gasteiger partial charge < -0.3 is 14.8 Å². The van der Waals surface area contributed by atoms with Crippen molar-refractivity contribution in [3.05, 3.63) is 82.0 Å². The van der Waals surface area contributed by atoms with E-state index in [1.807, 2.05) is 12.1 Å². The van der Waals surface area contributed by atoms with Crippen LogP contribution in [0.5, 0.6) is 11.6 Å². The number of fused-ring (bicyclic) bond motifs is 1. The van der Waals surface area contributed by atoms with E-state index in [1.54, 1.807) is 43.3 Å². The third-order valence-electron chi connectivity index (χ3n) is 4.68. The predicted octanol–water partition coefficient (Wildman–Crippen LogP) is 5.29. The molecule has 30 heavy (non-hydrogen) atoms. The number of halogens is 2. The Kier molecular flexibility index (Phi) is 5.37. The number of pyridine rings is 1. The Balaban J connectivity index is 1.58. The fourth-order valence-electron chi connectivity index (χ4n) is 3.15. The summed E-state index contributed by atoms with van der Waals surface area (Å²) in [6, 6.07) is 15.4. The molecule has 0 bridgehead atoms. The van der Waals surface area contributed by atoms with Crippen molar-refractivity contribution in [2.24, 2.45) is 0 Å². The van der Waals surface area contributed by atoms with Crippen LogP contribution >= 0.6 is 23.2 Å². The zero-order valence-electron chi connectivity index (χ0n) is 15.8. The highest BCUT2D eigenvalue weighted by molar-refractivity contribution is 6.35. The second-order valence-corrected chi connectivity index (χ2v) is 7.79. The summed E-state index contributed by atoms with van der Waals surface area (Å²) in [7, 11) is 0. The van der Waals surface area contributed by atoms with Gasteiger partial charge in [-0.05, 0) is 36.8 Å². The first-order valence-electron chi connectivity index (χ1n) is 9.06. The number of cyclic esters (lactones) is 1. The van der Waals surface area contributed by atoms with E-state index < -0.39 is 17.5 Å². The number of hydrogen-bond donors (Lipinski definition) is 1. The third-order valence-corrected chi connectivity index (χ3v) is 5.16. The van der Waals surface area contributed by atoms with Crippen LogP contribution in [0.3, 0.4) is 0 Å². The quantitative estimate of drug-likeness (QED) is 0.555. The van der Waals surface area contributed by atoms with Gasteiger partial charge in [0.15, 0.2) is 11.4 Å². The minimum atomic E-state index is -1.37. The van der Waals surface area contributed by atoms with Crippen LogP contribution in [-0.2, 0) is 16.0 Å². The highest BCUT2D eigenvalue weighted by Crippen LogP contribution is 2.35. The Morgan fingerprint density at radius 1 is 1.17 bits per heavy atom. The molecule has 0 saturated carbocycles. The summed E-state index contributed by atoms with van der Waals surface area (Å²) >= 11 is 12.0. The lowest BCUT2D eigenvalue weighted by atomic mass is 9.89. The van der Waals surface area contributed by atoms with Gasteiger partial charge in [-0.15, -0.1) is 0 Å². The predicted molar refractivity (Wildman–Crippen MR) is 113 cm³/mol. The molecule has 0 radical (unpaired) electrons. The largest absolute Gasteiger partial charge is 0.445 e. The number of anilines is 1. The van der Waals surface area contributed by atoms with Gasteiger partial charge in [0.2, 0.25) is 5.88 Å². The summed E-state index contributed by atoms with van der Waals surface area (Å²) in [4.78, 5) is 29.5. The third kappa shape index (κ3) is 3.97. The summed E-state index contributed by atoms with van der Waals surface area (Å²) in [6.07, 6.45) is 1.66. The average Bonchev–Trinajstić information content (AvgIpc) is 2.71. The van der Waals surface area contributed by atoms with Crippen LogP contribution in [0, 0.1) is 0 Å². The van der Waals surface area contributed by atoms with Gasteiger partial charge in [-0.25, -0.2) is 9.78 Å². The molecule has 1 aromatic heterocycles. The molecule has 1 unspecified atom stereocenters. The van der Waals surface area contributed by atoms with Crippen LogP contribution in [-0.4, -0.2) is 22.5 Å². The molecule has 0 spiro atoms. The number of carbonyl (C=O) groups is 2. The van der Waals surface area contributed by atoms with Gasteiger partial charge in [-0.2, -0.15) is 0 Å². The van der Waals surface area contributed by atoms with Crippen molar-refractivity contribution in [2.45, 2.75) is 18.9 Å². The van der Waals surface area contributed by atoms with E-state index in [0.29, 0.717) is 22.0 Å². The van der Waals surface area contributed by atoms with Gasteiger partial charge in [-0.1, -0.05) is 53.5 Å². The van der Waals surface area contributed by atoms with Gasteiger partial charge in [0.25, 0.3) is 5.91 Å². The van der Waals surface area contributed by atoms with Crippen molar-refractivity contribution in [1.29, 1.82) is 0 Å². The second-order valence-electron chi connectivity index (χ2n) is 6.95. The number of benzene rings is 2. The molecule has 1 atom stereocenters. The van der Waals surface area contributed by atoms with Crippen LogP contribution in [0.4, 0.5) is 5.69 Å². The first kappa shape index (κ1) is 20.2. The number of amides is 1. The zero-order valence-corrected chi connectivity index (χ0v) is 17.3. The molecule has 1 N–H and O–H groups in total. The van der Waals surface area contributed by atoms with Crippen molar-refractivity contribution >= 4 is 40.8 Å². The molecule has 0 aliphatic carbocycles. The summed E-state index contributed by atoms with van der Waals surface area (Å²) in [5, 5.41) is 3.39. The summed E-state index contributed by atoms with van der Waals surface area (Å²) in [6.45, 7) is 1.58. The number of rotatable bonds is 4. The Hall–Kier alpha value is -3.09. The van der Waals surface area contributed by atoms with E-state index >= 15 is 0 Å². The average molecular weight is 443 g/mol. The lowest BCUT2D eigenvalue weighted by Crippen LogP contribution is -2.48. The van der Waals surface area contributed by atoms with Gasteiger partial charge in [0.1, 0.15) is 5.02 Å². The van der Waals surface area contributed by atoms with Crippen LogP contribution in [0.25, 0.3) is 0 Å². The fraction of sp³-hybridized carbons (Fsp3) is 0.136. The molecule has 1 aliphatic rings. The molecular weight excluding hydrogens is 427 g/mol. The number of ether oxygens (including phenoxy) is 2. The monoisotopic (exact) mass is 442 g/mol.